The van der Waals surface area contributed by atoms with E-state index in [4.69, 9.17) is 9.84 Å². The van der Waals surface area contributed by atoms with E-state index in [2.05, 4.69) is 26.1 Å². The number of nitrogens with zero attached hydrogens (tertiary/aromatic N) is 1. The van der Waals surface area contributed by atoms with Gasteiger partial charge in [-0.1, -0.05) is 0 Å². The maximum Gasteiger partial charge on any atom is 0.338 e. The molecule has 0 bridgehead atoms. The van der Waals surface area contributed by atoms with Gasteiger partial charge in [-0.15, -0.1) is 0 Å². The van der Waals surface area contributed by atoms with Crippen molar-refractivity contribution in [1.29, 1.82) is 0 Å². The topological polar surface area (TPSA) is 75.2 Å². The number of ether oxygens (including phenoxy) is 1. The molecule has 1 aromatic carbocycles. The molecule has 1 aromatic heterocycles. The Labute approximate surface area is 93.2 Å². The Balaban J connectivity index is 2.86. The van der Waals surface area contributed by atoms with Crippen molar-refractivity contribution in [1.82, 2.24) is 10.2 Å². The van der Waals surface area contributed by atoms with Crippen LogP contribution in [-0.4, -0.2) is 28.4 Å². The van der Waals surface area contributed by atoms with Crippen molar-refractivity contribution >= 4 is 32.8 Å². The summed E-state index contributed by atoms with van der Waals surface area (Å²) >= 11 is 3.25. The minimum atomic E-state index is -1.02. The van der Waals surface area contributed by atoms with Gasteiger partial charge in [0.15, 0.2) is 0 Å². The summed E-state index contributed by atoms with van der Waals surface area (Å²) in [5, 5.41) is 16.1. The monoisotopic (exact) mass is 270 g/mol. The number of carboxylic acids is 1. The highest BCUT2D eigenvalue weighted by Gasteiger charge is 2.17. The van der Waals surface area contributed by atoms with Gasteiger partial charge in [0.2, 0.25) is 0 Å². The number of benzene rings is 1. The summed E-state index contributed by atoms with van der Waals surface area (Å²) in [5.74, 6) is -0.445. The van der Waals surface area contributed by atoms with Crippen LogP contribution in [0.3, 0.4) is 0 Å². The first-order valence-electron chi connectivity index (χ1n) is 4.08. The Kier molecular flexibility index (Phi) is 2.36. The van der Waals surface area contributed by atoms with Crippen molar-refractivity contribution in [3.63, 3.8) is 0 Å². The Hall–Kier alpha value is -1.56. The van der Waals surface area contributed by atoms with Crippen molar-refractivity contribution in [2.75, 3.05) is 7.11 Å². The Morgan fingerprint density at radius 3 is 3.00 bits per heavy atom. The lowest BCUT2D eigenvalue weighted by Crippen LogP contribution is -1.99. The molecule has 0 atom stereocenters. The molecule has 0 saturated carbocycles. The number of aromatic carboxylic acids is 1. The molecule has 0 spiro atoms. The molecule has 0 saturated heterocycles. The molecule has 6 heteroatoms. The van der Waals surface area contributed by atoms with Crippen LogP contribution in [-0.2, 0) is 0 Å². The molecule has 5 nitrogen and oxygen atoms in total. The number of hydrogen-bond acceptors (Lipinski definition) is 3. The number of fused-ring (bicyclic) bond motifs is 1. The lowest BCUT2D eigenvalue weighted by Gasteiger charge is -2.05. The van der Waals surface area contributed by atoms with E-state index in [1.807, 2.05) is 0 Å². The SMILES string of the molecule is COc1c(Br)cc(C(=O)O)c2n[nH]cc12. The highest BCUT2D eigenvalue weighted by molar-refractivity contribution is 9.10. The van der Waals surface area contributed by atoms with Crippen molar-refractivity contribution in [3.05, 3.63) is 22.3 Å². The van der Waals surface area contributed by atoms with Crippen LogP contribution in [0.4, 0.5) is 0 Å². The number of nitrogens with one attached hydrogen (secondary N) is 1. The van der Waals surface area contributed by atoms with Crippen LogP contribution in [0.2, 0.25) is 0 Å². The summed E-state index contributed by atoms with van der Waals surface area (Å²) in [7, 11) is 1.52. The molecule has 0 aliphatic rings. The number of carboxylic acid groups (broad SMARTS) is 1. The number of rotatable bonds is 2. The van der Waals surface area contributed by atoms with Crippen molar-refractivity contribution < 1.29 is 14.6 Å². The second-order valence-electron chi connectivity index (χ2n) is 2.89. The average Bonchev–Trinajstić information content (AvgIpc) is 2.64. The van der Waals surface area contributed by atoms with E-state index in [9.17, 15) is 4.79 Å². The van der Waals surface area contributed by atoms with Crippen molar-refractivity contribution in [2.45, 2.75) is 0 Å². The molecule has 1 heterocycles. The first-order chi connectivity index (χ1) is 7.15. The minimum Gasteiger partial charge on any atom is -0.495 e. The van der Waals surface area contributed by atoms with Gasteiger partial charge < -0.3 is 9.84 Å². The summed E-state index contributed by atoms with van der Waals surface area (Å²) in [6.45, 7) is 0. The number of halogens is 1. The van der Waals surface area contributed by atoms with E-state index in [0.717, 1.165) is 0 Å². The lowest BCUT2D eigenvalue weighted by molar-refractivity contribution is 0.0698. The highest BCUT2D eigenvalue weighted by atomic mass is 79.9. The fourth-order valence-corrected chi connectivity index (χ4v) is 2.03. The van der Waals surface area contributed by atoms with Gasteiger partial charge in [0.1, 0.15) is 11.3 Å². The van der Waals surface area contributed by atoms with Crippen LogP contribution < -0.4 is 4.74 Å². The summed E-state index contributed by atoms with van der Waals surface area (Å²) < 4.78 is 5.75. The van der Waals surface area contributed by atoms with Crippen molar-refractivity contribution in [3.8, 4) is 5.75 Å². The largest absolute Gasteiger partial charge is 0.495 e. The zero-order valence-electron chi connectivity index (χ0n) is 7.74. The quantitative estimate of drug-likeness (QED) is 0.876. The van der Waals surface area contributed by atoms with E-state index in [-0.39, 0.29) is 5.56 Å². The van der Waals surface area contributed by atoms with Crippen LogP contribution in [0.15, 0.2) is 16.7 Å². The molecular weight excluding hydrogens is 264 g/mol. The molecule has 0 amide bonds. The van der Waals surface area contributed by atoms with Gasteiger partial charge >= 0.3 is 5.97 Å². The van der Waals surface area contributed by atoms with Gasteiger partial charge in [-0.3, -0.25) is 5.10 Å². The maximum absolute atomic E-state index is 10.9. The van der Waals surface area contributed by atoms with Gasteiger partial charge in [0.25, 0.3) is 0 Å². The first kappa shape index (κ1) is 9.97. The van der Waals surface area contributed by atoms with E-state index in [1.165, 1.54) is 13.2 Å². The van der Waals surface area contributed by atoms with E-state index in [1.54, 1.807) is 6.20 Å². The van der Waals surface area contributed by atoms with Crippen LogP contribution in [0.25, 0.3) is 10.9 Å². The number of methoxy groups -OCH3 is 1. The number of hydrogen-bond donors (Lipinski definition) is 2. The Morgan fingerprint density at radius 2 is 2.40 bits per heavy atom. The van der Waals surface area contributed by atoms with E-state index >= 15 is 0 Å². The Morgan fingerprint density at radius 1 is 1.67 bits per heavy atom. The molecule has 0 aliphatic carbocycles. The van der Waals surface area contributed by atoms with Crippen LogP contribution in [0.5, 0.6) is 5.75 Å². The predicted octanol–water partition coefficient (Wildman–Crippen LogP) is 2.03. The molecule has 2 N–H and O–H groups in total. The second kappa shape index (κ2) is 3.54. The van der Waals surface area contributed by atoms with E-state index < -0.39 is 5.97 Å². The minimum absolute atomic E-state index is 0.138. The Bertz CT molecular complexity index is 535. The molecule has 0 radical (unpaired) electrons. The predicted molar refractivity (Wildman–Crippen MR) is 57.3 cm³/mol. The standard InChI is InChI=1S/C9H7BrN2O3/c1-15-8-5-3-11-12-7(5)4(9(13)14)2-6(8)10/h2-3H,1H3,(H,11,12)(H,13,14). The fourth-order valence-electron chi connectivity index (χ4n) is 1.43. The highest BCUT2D eigenvalue weighted by Crippen LogP contribution is 2.34. The summed E-state index contributed by atoms with van der Waals surface area (Å²) in [6.07, 6.45) is 1.60. The fraction of sp³-hybridized carbons (Fsp3) is 0.111. The summed E-state index contributed by atoms with van der Waals surface area (Å²) in [6, 6.07) is 1.48. The molecule has 0 unspecified atom stereocenters. The zero-order chi connectivity index (χ0) is 11.0. The molecule has 2 aromatic rings. The van der Waals surface area contributed by atoms with Gasteiger partial charge in [0.05, 0.1) is 22.5 Å². The molecule has 0 aliphatic heterocycles. The normalized spacial score (nSPS) is 10.5. The smallest absolute Gasteiger partial charge is 0.338 e. The molecule has 78 valence electrons. The third-order valence-corrected chi connectivity index (χ3v) is 2.65. The third kappa shape index (κ3) is 1.46. The van der Waals surface area contributed by atoms with Gasteiger partial charge in [-0.25, -0.2) is 4.79 Å². The maximum atomic E-state index is 10.9. The van der Waals surface area contributed by atoms with Crippen LogP contribution in [0, 0.1) is 0 Å². The molecule has 2 rings (SSSR count). The zero-order valence-corrected chi connectivity index (χ0v) is 9.33. The average molecular weight is 271 g/mol. The van der Waals surface area contributed by atoms with E-state index in [0.29, 0.717) is 21.1 Å². The molecule has 15 heavy (non-hydrogen) atoms. The van der Waals surface area contributed by atoms with Gasteiger partial charge in [-0.05, 0) is 22.0 Å². The number of H-pyrrole nitrogens is 1. The van der Waals surface area contributed by atoms with Crippen LogP contribution in [0.1, 0.15) is 10.4 Å². The molecular formula is C9H7BrN2O3. The first-order valence-corrected chi connectivity index (χ1v) is 4.87. The van der Waals surface area contributed by atoms with Crippen LogP contribution >= 0.6 is 15.9 Å². The van der Waals surface area contributed by atoms with Crippen molar-refractivity contribution in [2.24, 2.45) is 0 Å². The summed E-state index contributed by atoms with van der Waals surface area (Å²) in [5.41, 5.74) is 0.529. The number of aromatic amines is 1. The second-order valence-corrected chi connectivity index (χ2v) is 3.75. The lowest BCUT2D eigenvalue weighted by atomic mass is 10.1. The summed E-state index contributed by atoms with van der Waals surface area (Å²) in [4.78, 5) is 10.9. The number of carbonyl (C=O) groups is 1. The van der Waals surface area contributed by atoms with Gasteiger partial charge in [-0.2, -0.15) is 5.10 Å². The third-order valence-electron chi connectivity index (χ3n) is 2.06. The van der Waals surface area contributed by atoms with Gasteiger partial charge in [0, 0.05) is 6.20 Å². The number of aromatic nitrogens is 2. The molecule has 0 fully saturated rings.